The molecule has 2 nitrogen and oxygen atoms in total. The Labute approximate surface area is 147 Å². The van der Waals surface area contributed by atoms with Crippen LogP contribution in [0.5, 0.6) is 0 Å². The summed E-state index contributed by atoms with van der Waals surface area (Å²) in [5, 5.41) is 0.477. The van der Waals surface area contributed by atoms with Gasteiger partial charge in [-0.3, -0.25) is 0 Å². The van der Waals surface area contributed by atoms with Crippen molar-refractivity contribution in [3.8, 4) is 0 Å². The molecule has 2 aromatic rings. The van der Waals surface area contributed by atoms with Crippen molar-refractivity contribution < 1.29 is 25.9 Å². The Balaban J connectivity index is 0.00000242. The van der Waals surface area contributed by atoms with Crippen molar-refractivity contribution in [1.29, 1.82) is 0 Å². The van der Waals surface area contributed by atoms with E-state index in [-0.39, 0.29) is 28.2 Å². The average Bonchev–Trinajstić information content (AvgIpc) is 2.77. The molecule has 1 aromatic carbocycles. The molecule has 0 N–H and O–H groups in total. The van der Waals surface area contributed by atoms with Crippen LogP contribution in [0, 0.1) is 5.82 Å². The normalized spacial score (nSPS) is 11.4. The van der Waals surface area contributed by atoms with Crippen molar-refractivity contribution in [3.63, 3.8) is 0 Å². The van der Waals surface area contributed by atoms with E-state index in [0.717, 1.165) is 13.0 Å². The van der Waals surface area contributed by atoms with Crippen molar-refractivity contribution in [1.82, 2.24) is 4.57 Å². The lowest BCUT2D eigenvalue weighted by atomic mass is 9.95. The van der Waals surface area contributed by atoms with Crippen molar-refractivity contribution in [2.24, 2.45) is 0 Å². The Morgan fingerprint density at radius 2 is 1.95 bits per heavy atom. The van der Waals surface area contributed by atoms with Crippen molar-refractivity contribution in [2.75, 3.05) is 0 Å². The van der Waals surface area contributed by atoms with E-state index >= 15 is 0 Å². The predicted octanol–water partition coefficient (Wildman–Crippen LogP) is 1.33. The first-order chi connectivity index (χ1) is 9.84. The number of halogens is 3. The molecule has 0 spiro atoms. The van der Waals surface area contributed by atoms with Gasteiger partial charge in [0.2, 0.25) is 0 Å². The lowest BCUT2D eigenvalue weighted by molar-refractivity contribution is -0.698. The molecule has 0 atom stereocenters. The monoisotopic (exact) mass is 388 g/mol. The molecule has 1 aromatic heterocycles. The van der Waals surface area contributed by atoms with Crippen LogP contribution in [0.15, 0.2) is 30.6 Å². The van der Waals surface area contributed by atoms with Crippen LogP contribution >= 0.6 is 11.6 Å². The maximum absolute atomic E-state index is 14.0. The minimum absolute atomic E-state index is 0. The van der Waals surface area contributed by atoms with Crippen molar-refractivity contribution in [2.45, 2.75) is 52.6 Å². The minimum atomic E-state index is -0.252. The minimum Gasteiger partial charge on any atom is -1.00 e. The van der Waals surface area contributed by atoms with Gasteiger partial charge in [0.05, 0.1) is 17.0 Å². The highest BCUT2D eigenvalue weighted by atomic mass is 79.9. The van der Waals surface area contributed by atoms with Gasteiger partial charge in [0, 0.05) is 5.56 Å². The van der Waals surface area contributed by atoms with Gasteiger partial charge in [-0.05, 0) is 39.3 Å². The zero-order valence-corrected chi connectivity index (χ0v) is 15.9. The summed E-state index contributed by atoms with van der Waals surface area (Å²) in [4.78, 5) is 0. The molecule has 22 heavy (non-hydrogen) atoms. The maximum atomic E-state index is 14.0. The number of hydrogen-bond acceptors (Lipinski definition) is 0. The zero-order chi connectivity index (χ0) is 15.6. The van der Waals surface area contributed by atoms with Crippen LogP contribution in [0.25, 0.3) is 0 Å². The SMILES string of the molecule is CCCn1cc[n+](Cc2c(F)cccc2Cl)c1C(C)(C)C.[Br-]. The highest BCUT2D eigenvalue weighted by molar-refractivity contribution is 6.31. The van der Waals surface area contributed by atoms with E-state index in [0.29, 0.717) is 17.1 Å². The molecular weight excluding hydrogens is 367 g/mol. The van der Waals surface area contributed by atoms with Gasteiger partial charge >= 0.3 is 0 Å². The molecule has 0 radical (unpaired) electrons. The van der Waals surface area contributed by atoms with Gasteiger partial charge in [-0.25, -0.2) is 13.5 Å². The first kappa shape index (κ1) is 19.2. The van der Waals surface area contributed by atoms with Crippen molar-refractivity contribution >= 4 is 11.6 Å². The summed E-state index contributed by atoms with van der Waals surface area (Å²) in [5.74, 6) is 0.932. The van der Waals surface area contributed by atoms with Gasteiger partial charge in [0.25, 0.3) is 5.82 Å². The molecule has 0 amide bonds. The van der Waals surface area contributed by atoms with Gasteiger partial charge in [0.1, 0.15) is 24.8 Å². The molecule has 122 valence electrons. The van der Waals surface area contributed by atoms with E-state index in [9.17, 15) is 4.39 Å². The van der Waals surface area contributed by atoms with Gasteiger partial charge in [-0.2, -0.15) is 0 Å². The highest BCUT2D eigenvalue weighted by Crippen LogP contribution is 2.22. The number of nitrogens with zero attached hydrogens (tertiary/aromatic N) is 2. The van der Waals surface area contributed by atoms with Crippen LogP contribution in [0.4, 0.5) is 4.39 Å². The molecule has 0 saturated carbocycles. The van der Waals surface area contributed by atoms with E-state index in [1.54, 1.807) is 12.1 Å². The number of benzene rings is 1. The summed E-state index contributed by atoms with van der Waals surface area (Å²) < 4.78 is 18.4. The van der Waals surface area contributed by atoms with Gasteiger partial charge < -0.3 is 17.0 Å². The second kappa shape index (κ2) is 7.60. The Bertz CT molecular complexity index is 612. The topological polar surface area (TPSA) is 8.81 Å². The lowest BCUT2D eigenvalue weighted by Gasteiger charge is -2.17. The number of hydrogen-bond donors (Lipinski definition) is 0. The van der Waals surface area contributed by atoms with E-state index in [1.165, 1.54) is 11.9 Å². The van der Waals surface area contributed by atoms with Crippen LogP contribution in [0.1, 0.15) is 45.5 Å². The molecule has 0 unspecified atom stereocenters. The smallest absolute Gasteiger partial charge is 0.262 e. The van der Waals surface area contributed by atoms with Crippen LogP contribution in [-0.4, -0.2) is 4.57 Å². The summed E-state index contributed by atoms with van der Waals surface area (Å²) >= 11 is 6.15. The Morgan fingerprint density at radius 3 is 2.50 bits per heavy atom. The highest BCUT2D eigenvalue weighted by Gasteiger charge is 2.30. The van der Waals surface area contributed by atoms with E-state index < -0.39 is 0 Å². The molecule has 0 saturated heterocycles. The largest absolute Gasteiger partial charge is 1.00 e. The lowest BCUT2D eigenvalue weighted by Crippen LogP contribution is -3.00. The summed E-state index contributed by atoms with van der Waals surface area (Å²) in [6.45, 7) is 10.1. The Kier molecular flexibility index (Phi) is 6.63. The fraction of sp³-hybridized carbons (Fsp3) is 0.471. The Hall–Kier alpha value is -0.870. The quantitative estimate of drug-likeness (QED) is 0.698. The zero-order valence-electron chi connectivity index (χ0n) is 13.5. The number of aryl methyl sites for hydroxylation is 1. The Morgan fingerprint density at radius 1 is 1.27 bits per heavy atom. The molecule has 2 rings (SSSR count). The fourth-order valence-corrected chi connectivity index (χ4v) is 2.95. The summed E-state index contributed by atoms with van der Waals surface area (Å²) in [5.41, 5.74) is 0.528. The second-order valence-corrected chi connectivity index (χ2v) is 6.80. The molecule has 1 heterocycles. The number of imidazole rings is 1. The summed E-state index contributed by atoms with van der Waals surface area (Å²) in [6, 6.07) is 4.83. The molecule has 0 fully saturated rings. The van der Waals surface area contributed by atoms with Gasteiger partial charge in [-0.15, -0.1) is 0 Å². The number of rotatable bonds is 4. The third-order valence-electron chi connectivity index (χ3n) is 3.50. The molecule has 5 heteroatoms. The average molecular weight is 390 g/mol. The molecule has 0 bridgehead atoms. The first-order valence-corrected chi connectivity index (χ1v) is 7.74. The van der Waals surface area contributed by atoms with Crippen LogP contribution < -0.4 is 21.5 Å². The molecule has 0 aliphatic rings. The molecule has 0 aliphatic heterocycles. The van der Waals surface area contributed by atoms with Crippen molar-refractivity contribution in [3.05, 3.63) is 52.8 Å². The van der Waals surface area contributed by atoms with E-state index in [2.05, 4.69) is 43.0 Å². The summed E-state index contributed by atoms with van der Waals surface area (Å²) in [6.07, 6.45) is 5.15. The van der Waals surface area contributed by atoms with E-state index in [1.807, 2.05) is 6.20 Å². The van der Waals surface area contributed by atoms with Gasteiger partial charge in [0.15, 0.2) is 0 Å². The van der Waals surface area contributed by atoms with Crippen LogP contribution in [0.2, 0.25) is 5.02 Å². The van der Waals surface area contributed by atoms with Gasteiger partial charge in [-0.1, -0.05) is 24.6 Å². The number of aromatic nitrogens is 2. The molecular formula is C17H23BrClFN2. The standard InChI is InChI=1S/C17H23ClFN2.BrH/c1-5-9-20-10-11-21(16(20)17(2,3)4)12-13-14(18)7-6-8-15(13)19;/h6-8,10-11H,5,9,12H2,1-4H3;1H/q+1;/p-1. The maximum Gasteiger partial charge on any atom is 0.262 e. The third kappa shape index (κ3) is 4.11. The molecule has 0 aliphatic carbocycles. The van der Waals surface area contributed by atoms with E-state index in [4.69, 9.17) is 11.6 Å². The fourth-order valence-electron chi connectivity index (χ4n) is 2.73. The first-order valence-electron chi connectivity index (χ1n) is 7.36. The van der Waals surface area contributed by atoms with Crippen LogP contribution in [0.3, 0.4) is 0 Å². The summed E-state index contributed by atoms with van der Waals surface area (Å²) in [7, 11) is 0. The second-order valence-electron chi connectivity index (χ2n) is 6.39. The third-order valence-corrected chi connectivity index (χ3v) is 3.85. The van der Waals surface area contributed by atoms with Crippen LogP contribution in [-0.2, 0) is 18.5 Å². The predicted molar refractivity (Wildman–Crippen MR) is 84.1 cm³/mol.